The lowest BCUT2D eigenvalue weighted by Crippen LogP contribution is -2.41. The van der Waals surface area contributed by atoms with E-state index >= 15 is 0 Å². The lowest BCUT2D eigenvalue weighted by Gasteiger charge is -2.30. The normalized spacial score (nSPS) is 28.8. The molecule has 0 spiro atoms. The van der Waals surface area contributed by atoms with Crippen LogP contribution in [0.1, 0.15) is 54.9 Å². The number of nitrogens with one attached hydrogen (secondary N) is 1. The summed E-state index contributed by atoms with van der Waals surface area (Å²) in [6.45, 7) is 6.63. The van der Waals surface area contributed by atoms with Gasteiger partial charge in [0.2, 0.25) is 0 Å². The minimum atomic E-state index is -0.0690. The van der Waals surface area contributed by atoms with Gasteiger partial charge in [-0.05, 0) is 85.7 Å². The first-order valence-corrected chi connectivity index (χ1v) is 14.4. The number of thioether (sulfide) groups is 1. The number of nitrogens with zero attached hydrogens (tertiary/aromatic N) is 2. The van der Waals surface area contributed by atoms with Gasteiger partial charge in [-0.1, -0.05) is 19.1 Å². The van der Waals surface area contributed by atoms with Gasteiger partial charge in [0.1, 0.15) is 0 Å². The van der Waals surface area contributed by atoms with Gasteiger partial charge in [-0.25, -0.2) is 0 Å². The second kappa shape index (κ2) is 10.2. The molecule has 0 bridgehead atoms. The van der Waals surface area contributed by atoms with Crippen LogP contribution in [0.15, 0.2) is 48.5 Å². The average molecular weight is 492 g/mol. The summed E-state index contributed by atoms with van der Waals surface area (Å²) >= 11 is 2.13. The van der Waals surface area contributed by atoms with Crippen LogP contribution in [0.2, 0.25) is 0 Å². The molecule has 6 heteroatoms. The molecule has 4 aliphatic rings. The Hall–Kier alpha value is -2.02. The first-order valence-electron chi connectivity index (χ1n) is 13.4. The summed E-state index contributed by atoms with van der Waals surface area (Å²) in [5.74, 6) is 2.03. The highest BCUT2D eigenvalue weighted by molar-refractivity contribution is 8.00. The van der Waals surface area contributed by atoms with Crippen molar-refractivity contribution >= 4 is 29.0 Å². The number of likely N-dealkylation sites (tertiary alicyclic amines) is 1. The molecule has 1 amide bonds. The SMILES string of the molecule is CC1SCCC1N1C[C@H]2CCN(c3ccc(NC(=O)c4ccc(COC5CCC5)cc4)cc3)[C@H]2C1. The minimum Gasteiger partial charge on any atom is -0.374 e. The molecule has 1 N–H and O–H groups in total. The number of anilines is 2. The molecular formula is C29H37N3O2S. The van der Waals surface area contributed by atoms with E-state index in [-0.39, 0.29) is 5.91 Å². The predicted molar refractivity (Wildman–Crippen MR) is 144 cm³/mol. The summed E-state index contributed by atoms with van der Waals surface area (Å²) in [7, 11) is 0. The van der Waals surface area contributed by atoms with Crippen LogP contribution in [0.5, 0.6) is 0 Å². The molecule has 4 fully saturated rings. The van der Waals surface area contributed by atoms with Gasteiger partial charge >= 0.3 is 0 Å². The number of amides is 1. The Morgan fingerprint density at radius 1 is 1.00 bits per heavy atom. The van der Waals surface area contributed by atoms with Gasteiger partial charge in [-0.3, -0.25) is 9.69 Å². The van der Waals surface area contributed by atoms with Crippen molar-refractivity contribution in [2.24, 2.45) is 5.92 Å². The molecule has 35 heavy (non-hydrogen) atoms. The van der Waals surface area contributed by atoms with Gasteiger partial charge in [-0.2, -0.15) is 11.8 Å². The summed E-state index contributed by atoms with van der Waals surface area (Å²) in [6, 6.07) is 17.6. The quantitative estimate of drug-likeness (QED) is 0.561. The Kier molecular flexibility index (Phi) is 6.78. The van der Waals surface area contributed by atoms with Crippen molar-refractivity contribution in [3.63, 3.8) is 0 Å². The van der Waals surface area contributed by atoms with Crippen LogP contribution < -0.4 is 10.2 Å². The molecule has 1 saturated carbocycles. The summed E-state index contributed by atoms with van der Waals surface area (Å²) < 4.78 is 5.87. The van der Waals surface area contributed by atoms with E-state index in [1.165, 1.54) is 56.6 Å². The highest BCUT2D eigenvalue weighted by Gasteiger charge is 2.44. The molecule has 2 aromatic rings. The van der Waals surface area contributed by atoms with Crippen molar-refractivity contribution in [3.05, 3.63) is 59.7 Å². The minimum absolute atomic E-state index is 0.0690. The third kappa shape index (κ3) is 4.98. The Bertz CT molecular complexity index is 1020. The fourth-order valence-electron chi connectivity index (χ4n) is 6.23. The zero-order chi connectivity index (χ0) is 23.8. The van der Waals surface area contributed by atoms with Crippen molar-refractivity contribution in [2.45, 2.75) is 69.1 Å². The fraction of sp³-hybridized carbons (Fsp3) is 0.552. The van der Waals surface area contributed by atoms with Crippen molar-refractivity contribution in [1.29, 1.82) is 0 Å². The van der Waals surface area contributed by atoms with E-state index in [9.17, 15) is 4.79 Å². The number of carbonyl (C=O) groups is 1. The van der Waals surface area contributed by atoms with Crippen LogP contribution in [-0.4, -0.2) is 59.6 Å². The Morgan fingerprint density at radius 3 is 2.49 bits per heavy atom. The van der Waals surface area contributed by atoms with Crippen LogP contribution in [0.4, 0.5) is 11.4 Å². The Morgan fingerprint density at radius 2 is 1.80 bits per heavy atom. The number of carbonyl (C=O) groups excluding carboxylic acids is 1. The Balaban J connectivity index is 1.04. The number of fused-ring (bicyclic) bond motifs is 1. The molecule has 5 nitrogen and oxygen atoms in total. The van der Waals surface area contributed by atoms with Gasteiger partial charge in [-0.15, -0.1) is 0 Å². The van der Waals surface area contributed by atoms with Crippen LogP contribution in [0.3, 0.4) is 0 Å². The largest absolute Gasteiger partial charge is 0.374 e. The lowest BCUT2D eigenvalue weighted by atomic mass is 9.96. The third-order valence-electron chi connectivity index (χ3n) is 8.59. The molecule has 0 aromatic heterocycles. The number of hydrogen-bond acceptors (Lipinski definition) is 5. The Labute approximate surface area is 213 Å². The van der Waals surface area contributed by atoms with E-state index in [4.69, 9.17) is 4.74 Å². The van der Waals surface area contributed by atoms with Crippen molar-refractivity contribution < 1.29 is 9.53 Å². The molecule has 4 atom stereocenters. The van der Waals surface area contributed by atoms with Crippen molar-refractivity contribution in [2.75, 3.05) is 35.6 Å². The van der Waals surface area contributed by atoms with Crippen molar-refractivity contribution in [1.82, 2.24) is 4.90 Å². The zero-order valence-electron chi connectivity index (χ0n) is 20.7. The molecule has 1 aliphatic carbocycles. The van der Waals surface area contributed by atoms with E-state index in [0.29, 0.717) is 24.3 Å². The summed E-state index contributed by atoms with van der Waals surface area (Å²) in [5, 5.41) is 3.83. The van der Waals surface area contributed by atoms with Crippen LogP contribution in [0, 0.1) is 5.92 Å². The van der Waals surface area contributed by atoms with E-state index in [2.05, 4.69) is 45.9 Å². The number of benzene rings is 2. The standard InChI is InChI=1S/C29H37N3O2S/c1-20-27(14-16-35-20)31-17-23-13-15-32(28(23)18-31)25-11-9-24(10-12-25)30-29(33)22-7-5-21(6-8-22)19-34-26-3-2-4-26/h5-12,20,23,26-28H,2-4,13-19H2,1H3,(H,30,33)/t20?,23-,27?,28+/m1/s1. The number of ether oxygens (including phenoxy) is 1. The van der Waals surface area contributed by atoms with Crippen LogP contribution in [-0.2, 0) is 11.3 Å². The monoisotopic (exact) mass is 491 g/mol. The van der Waals surface area contributed by atoms with Crippen molar-refractivity contribution in [3.8, 4) is 0 Å². The van der Waals surface area contributed by atoms with Crippen LogP contribution in [0.25, 0.3) is 0 Å². The lowest BCUT2D eigenvalue weighted by molar-refractivity contribution is -0.00866. The third-order valence-corrected chi connectivity index (χ3v) is 9.90. The molecule has 3 aliphatic heterocycles. The number of rotatable bonds is 7. The molecular weight excluding hydrogens is 454 g/mol. The average Bonchev–Trinajstić information content (AvgIpc) is 3.54. The first-order chi connectivity index (χ1) is 17.1. The molecule has 186 valence electrons. The first kappa shape index (κ1) is 23.4. The summed E-state index contributed by atoms with van der Waals surface area (Å²) in [6.07, 6.45) is 6.69. The molecule has 3 saturated heterocycles. The second-order valence-electron chi connectivity index (χ2n) is 10.8. The summed E-state index contributed by atoms with van der Waals surface area (Å²) in [5.41, 5.74) is 3.92. The second-order valence-corrected chi connectivity index (χ2v) is 12.2. The maximum Gasteiger partial charge on any atom is 0.255 e. The van der Waals surface area contributed by atoms with Gasteiger partial charge in [0.15, 0.2) is 0 Å². The van der Waals surface area contributed by atoms with Gasteiger partial charge < -0.3 is 15.0 Å². The fourth-order valence-corrected chi connectivity index (χ4v) is 7.51. The van der Waals surface area contributed by atoms with Gasteiger partial charge in [0, 0.05) is 53.9 Å². The highest BCUT2D eigenvalue weighted by atomic mass is 32.2. The molecule has 2 unspecified atom stereocenters. The highest BCUT2D eigenvalue weighted by Crippen LogP contribution is 2.39. The molecule has 6 rings (SSSR count). The van der Waals surface area contributed by atoms with E-state index < -0.39 is 0 Å². The molecule has 2 aromatic carbocycles. The predicted octanol–water partition coefficient (Wildman–Crippen LogP) is 5.41. The smallest absolute Gasteiger partial charge is 0.255 e. The zero-order valence-corrected chi connectivity index (χ0v) is 21.5. The van der Waals surface area contributed by atoms with Crippen LogP contribution >= 0.6 is 11.8 Å². The molecule has 0 radical (unpaired) electrons. The van der Waals surface area contributed by atoms with E-state index in [1.807, 2.05) is 36.4 Å². The topological polar surface area (TPSA) is 44.8 Å². The van der Waals surface area contributed by atoms with E-state index in [1.54, 1.807) is 0 Å². The summed E-state index contributed by atoms with van der Waals surface area (Å²) in [4.78, 5) is 18.1. The maximum absolute atomic E-state index is 12.8. The number of hydrogen-bond donors (Lipinski definition) is 1. The van der Waals surface area contributed by atoms with E-state index in [0.717, 1.165) is 35.0 Å². The maximum atomic E-state index is 12.8. The molecule has 3 heterocycles. The van der Waals surface area contributed by atoms with Gasteiger partial charge in [0.25, 0.3) is 5.91 Å². The van der Waals surface area contributed by atoms with Gasteiger partial charge in [0.05, 0.1) is 12.7 Å².